The molecule has 1 aliphatic heterocycles. The fourth-order valence-electron chi connectivity index (χ4n) is 2.59. The van der Waals surface area contributed by atoms with Gasteiger partial charge in [-0.05, 0) is 41.5 Å². The van der Waals surface area contributed by atoms with Crippen LogP contribution in [0.4, 0.5) is 0 Å². The average Bonchev–Trinajstić information content (AvgIpc) is 3.10. The zero-order valence-electron chi connectivity index (χ0n) is 10.6. The monoisotopic (exact) mass is 238 g/mol. The van der Waals surface area contributed by atoms with Crippen molar-refractivity contribution in [2.75, 3.05) is 13.2 Å². The standard InChI is InChI=1S/C13H10.C4H8O/c1-3-7-12-10(5-1)9-11-6-2-4-8-13(11)12;1-2-4-5-3-1/h1-8H,9H2;1-4H2. The van der Waals surface area contributed by atoms with Crippen LogP contribution in [0.25, 0.3) is 11.1 Å². The molecule has 0 N–H and O–H groups in total. The van der Waals surface area contributed by atoms with E-state index in [-0.39, 0.29) is 0 Å². The molecular formula is C17H18O. The van der Waals surface area contributed by atoms with Crippen LogP contribution in [-0.2, 0) is 11.2 Å². The molecule has 0 amide bonds. The molecule has 1 nitrogen and oxygen atoms in total. The van der Waals surface area contributed by atoms with E-state index in [4.69, 9.17) is 4.74 Å². The first-order valence-corrected chi connectivity index (χ1v) is 6.69. The summed E-state index contributed by atoms with van der Waals surface area (Å²) in [7, 11) is 0. The summed E-state index contributed by atoms with van der Waals surface area (Å²) in [6, 6.07) is 17.3. The van der Waals surface area contributed by atoms with Crippen LogP contribution in [0.1, 0.15) is 24.0 Å². The molecule has 0 atom stereocenters. The lowest BCUT2D eigenvalue weighted by molar-refractivity contribution is 0.198. The van der Waals surface area contributed by atoms with Crippen molar-refractivity contribution in [3.8, 4) is 11.1 Å². The SMILES string of the molecule is C1CCOC1.c1ccc2c(c1)Cc1ccccc1-2. The molecule has 0 aromatic heterocycles. The van der Waals surface area contributed by atoms with Gasteiger partial charge in [0.15, 0.2) is 0 Å². The first kappa shape index (κ1) is 11.5. The second-order valence-electron chi connectivity index (χ2n) is 4.81. The highest BCUT2D eigenvalue weighted by molar-refractivity contribution is 5.76. The predicted molar refractivity (Wildman–Crippen MR) is 74.7 cm³/mol. The summed E-state index contributed by atoms with van der Waals surface area (Å²) in [4.78, 5) is 0. The molecule has 0 bridgehead atoms. The smallest absolute Gasteiger partial charge is 0.0466 e. The van der Waals surface area contributed by atoms with E-state index in [1.807, 2.05) is 0 Å². The molecule has 1 heterocycles. The Balaban J connectivity index is 0.000000169. The summed E-state index contributed by atoms with van der Waals surface area (Å²) in [5.41, 5.74) is 5.75. The third-order valence-corrected chi connectivity index (χ3v) is 3.53. The minimum absolute atomic E-state index is 1.00. The van der Waals surface area contributed by atoms with Gasteiger partial charge in [-0.2, -0.15) is 0 Å². The van der Waals surface area contributed by atoms with Crippen molar-refractivity contribution < 1.29 is 4.74 Å². The molecule has 4 rings (SSSR count). The molecule has 1 saturated heterocycles. The lowest BCUT2D eigenvalue weighted by Crippen LogP contribution is -1.77. The molecule has 92 valence electrons. The summed E-state index contributed by atoms with van der Waals surface area (Å²) in [5, 5.41) is 0. The Kier molecular flexibility index (Phi) is 3.42. The summed E-state index contributed by atoms with van der Waals surface area (Å²) in [6.07, 6.45) is 3.66. The third kappa shape index (κ3) is 2.32. The van der Waals surface area contributed by atoms with Crippen LogP contribution < -0.4 is 0 Å². The molecular weight excluding hydrogens is 220 g/mol. The van der Waals surface area contributed by atoms with E-state index in [1.54, 1.807) is 0 Å². The Morgan fingerprint density at radius 2 is 1.17 bits per heavy atom. The molecule has 18 heavy (non-hydrogen) atoms. The van der Waals surface area contributed by atoms with E-state index in [1.165, 1.54) is 35.1 Å². The van der Waals surface area contributed by atoms with Crippen LogP contribution >= 0.6 is 0 Å². The van der Waals surface area contributed by atoms with Crippen LogP contribution in [0.3, 0.4) is 0 Å². The molecule has 0 spiro atoms. The maximum Gasteiger partial charge on any atom is 0.0466 e. The first-order valence-electron chi connectivity index (χ1n) is 6.69. The normalized spacial score (nSPS) is 15.6. The second-order valence-corrected chi connectivity index (χ2v) is 4.81. The molecule has 2 aromatic rings. The second kappa shape index (κ2) is 5.36. The Labute approximate surface area is 108 Å². The third-order valence-electron chi connectivity index (χ3n) is 3.53. The molecule has 0 radical (unpaired) electrons. The first-order chi connectivity index (χ1) is 8.95. The van der Waals surface area contributed by atoms with Gasteiger partial charge in [0, 0.05) is 13.2 Å². The zero-order chi connectivity index (χ0) is 12.2. The van der Waals surface area contributed by atoms with Gasteiger partial charge in [0.05, 0.1) is 0 Å². The minimum atomic E-state index is 1.00. The van der Waals surface area contributed by atoms with Gasteiger partial charge >= 0.3 is 0 Å². The van der Waals surface area contributed by atoms with Crippen LogP contribution in [0.5, 0.6) is 0 Å². The molecule has 1 heteroatoms. The number of fused-ring (bicyclic) bond motifs is 3. The number of ether oxygens (including phenoxy) is 1. The van der Waals surface area contributed by atoms with Gasteiger partial charge in [0.1, 0.15) is 0 Å². The molecule has 0 saturated carbocycles. The zero-order valence-corrected chi connectivity index (χ0v) is 10.6. The molecule has 1 aliphatic carbocycles. The number of hydrogen-bond acceptors (Lipinski definition) is 1. The van der Waals surface area contributed by atoms with Crippen molar-refractivity contribution in [3.63, 3.8) is 0 Å². The number of benzene rings is 2. The number of hydrogen-bond donors (Lipinski definition) is 0. The maximum atomic E-state index is 4.94. The summed E-state index contributed by atoms with van der Waals surface area (Å²) in [5.74, 6) is 0. The minimum Gasteiger partial charge on any atom is -0.381 e. The highest BCUT2D eigenvalue weighted by Gasteiger charge is 2.15. The highest BCUT2D eigenvalue weighted by atomic mass is 16.5. The Morgan fingerprint density at radius 3 is 1.61 bits per heavy atom. The van der Waals surface area contributed by atoms with Gasteiger partial charge in [-0.25, -0.2) is 0 Å². The highest BCUT2D eigenvalue weighted by Crippen LogP contribution is 2.35. The quantitative estimate of drug-likeness (QED) is 0.574. The Hall–Kier alpha value is -1.60. The van der Waals surface area contributed by atoms with Gasteiger partial charge in [-0.1, -0.05) is 48.5 Å². The summed E-state index contributed by atoms with van der Waals surface area (Å²) >= 11 is 0. The lowest BCUT2D eigenvalue weighted by Gasteiger charge is -1.98. The fourth-order valence-corrected chi connectivity index (χ4v) is 2.59. The van der Waals surface area contributed by atoms with Gasteiger partial charge < -0.3 is 4.74 Å². The van der Waals surface area contributed by atoms with Crippen LogP contribution in [0.15, 0.2) is 48.5 Å². The molecule has 0 unspecified atom stereocenters. The van der Waals surface area contributed by atoms with Crippen molar-refractivity contribution >= 4 is 0 Å². The van der Waals surface area contributed by atoms with Gasteiger partial charge in [-0.15, -0.1) is 0 Å². The predicted octanol–water partition coefficient (Wildman–Crippen LogP) is 4.05. The van der Waals surface area contributed by atoms with E-state index in [0.29, 0.717) is 0 Å². The molecule has 2 aromatic carbocycles. The van der Waals surface area contributed by atoms with Crippen molar-refractivity contribution in [2.24, 2.45) is 0 Å². The van der Waals surface area contributed by atoms with E-state index >= 15 is 0 Å². The topological polar surface area (TPSA) is 9.23 Å². The van der Waals surface area contributed by atoms with E-state index < -0.39 is 0 Å². The summed E-state index contributed by atoms with van der Waals surface area (Å²) in [6.45, 7) is 2.00. The number of rotatable bonds is 0. The maximum absolute atomic E-state index is 4.94. The van der Waals surface area contributed by atoms with E-state index in [2.05, 4.69) is 48.5 Å². The summed E-state index contributed by atoms with van der Waals surface area (Å²) < 4.78 is 4.94. The fraction of sp³-hybridized carbons (Fsp3) is 0.294. The lowest BCUT2D eigenvalue weighted by atomic mass is 10.1. The average molecular weight is 238 g/mol. The van der Waals surface area contributed by atoms with Crippen LogP contribution in [0.2, 0.25) is 0 Å². The van der Waals surface area contributed by atoms with Crippen molar-refractivity contribution in [1.82, 2.24) is 0 Å². The molecule has 2 aliphatic rings. The van der Waals surface area contributed by atoms with Gasteiger partial charge in [0.25, 0.3) is 0 Å². The van der Waals surface area contributed by atoms with E-state index in [9.17, 15) is 0 Å². The molecule has 1 fully saturated rings. The van der Waals surface area contributed by atoms with Crippen molar-refractivity contribution in [1.29, 1.82) is 0 Å². The van der Waals surface area contributed by atoms with Crippen LogP contribution in [-0.4, -0.2) is 13.2 Å². The Bertz CT molecular complexity index is 476. The van der Waals surface area contributed by atoms with E-state index in [0.717, 1.165) is 19.6 Å². The van der Waals surface area contributed by atoms with Gasteiger partial charge in [0.2, 0.25) is 0 Å². The Morgan fingerprint density at radius 1 is 0.667 bits per heavy atom. The van der Waals surface area contributed by atoms with Gasteiger partial charge in [-0.3, -0.25) is 0 Å². The van der Waals surface area contributed by atoms with Crippen molar-refractivity contribution in [2.45, 2.75) is 19.3 Å². The largest absolute Gasteiger partial charge is 0.381 e. The van der Waals surface area contributed by atoms with Crippen molar-refractivity contribution in [3.05, 3.63) is 59.7 Å². The van der Waals surface area contributed by atoms with Crippen LogP contribution in [0, 0.1) is 0 Å².